The zero-order chi connectivity index (χ0) is 16.7. The summed E-state index contributed by atoms with van der Waals surface area (Å²) in [6, 6.07) is 6.85. The van der Waals surface area contributed by atoms with Crippen molar-refractivity contribution in [3.63, 3.8) is 0 Å². The zero-order valence-electron chi connectivity index (χ0n) is 13.3. The molecule has 23 heavy (non-hydrogen) atoms. The minimum atomic E-state index is -0.443. The number of rotatable bonds is 6. The van der Waals surface area contributed by atoms with Gasteiger partial charge in [-0.25, -0.2) is 4.79 Å². The molecule has 1 aliphatic rings. The van der Waals surface area contributed by atoms with Crippen LogP contribution >= 0.6 is 0 Å². The van der Waals surface area contributed by atoms with Crippen molar-refractivity contribution in [2.75, 3.05) is 26.9 Å². The Morgan fingerprint density at radius 3 is 3.00 bits per heavy atom. The number of hydrogen-bond acceptors (Lipinski definition) is 6. The van der Waals surface area contributed by atoms with Gasteiger partial charge < -0.3 is 24.8 Å². The molecule has 0 aliphatic carbocycles. The van der Waals surface area contributed by atoms with Crippen LogP contribution in [0.3, 0.4) is 0 Å². The first kappa shape index (κ1) is 17.2. The molecule has 1 fully saturated rings. The van der Waals surface area contributed by atoms with Gasteiger partial charge in [0.25, 0.3) is 0 Å². The molecule has 0 aromatic heterocycles. The van der Waals surface area contributed by atoms with Gasteiger partial charge in [0.1, 0.15) is 11.8 Å². The molecule has 126 valence electrons. The molecule has 1 saturated heterocycles. The third-order valence-corrected chi connectivity index (χ3v) is 3.55. The molecule has 1 heterocycles. The number of nitrogens with one attached hydrogen (secondary N) is 2. The maximum Gasteiger partial charge on any atom is 0.343 e. The predicted molar refractivity (Wildman–Crippen MR) is 83.0 cm³/mol. The van der Waals surface area contributed by atoms with Gasteiger partial charge in [-0.3, -0.25) is 4.79 Å². The van der Waals surface area contributed by atoms with Crippen molar-refractivity contribution >= 4 is 11.9 Å². The maximum absolute atomic E-state index is 12.2. The minimum Gasteiger partial charge on any atom is -0.482 e. The standard InChI is InChI=1S/C16H22N2O5/c1-11-15(17-6-7-22-11)16(20)18-9-12-4-3-5-13(8-12)23-10-14(19)21-2/h3-5,8,11,15,17H,6-7,9-10H2,1-2H3,(H,18,20)/t11-,15+/m1/s1. The van der Waals surface area contributed by atoms with E-state index >= 15 is 0 Å². The van der Waals surface area contributed by atoms with Crippen LogP contribution < -0.4 is 15.4 Å². The van der Waals surface area contributed by atoms with Crippen molar-refractivity contribution in [2.24, 2.45) is 0 Å². The quantitative estimate of drug-likeness (QED) is 0.729. The average Bonchev–Trinajstić information content (AvgIpc) is 2.58. The lowest BCUT2D eigenvalue weighted by Gasteiger charge is -2.29. The summed E-state index contributed by atoms with van der Waals surface area (Å²) in [7, 11) is 1.31. The fourth-order valence-electron chi connectivity index (χ4n) is 2.27. The topological polar surface area (TPSA) is 85.9 Å². The van der Waals surface area contributed by atoms with E-state index in [0.717, 1.165) is 5.56 Å². The van der Waals surface area contributed by atoms with E-state index in [1.54, 1.807) is 18.2 Å². The number of amides is 1. The number of carbonyl (C=O) groups is 2. The Morgan fingerprint density at radius 1 is 1.43 bits per heavy atom. The lowest BCUT2D eigenvalue weighted by molar-refractivity contribution is -0.142. The van der Waals surface area contributed by atoms with Crippen LogP contribution in [0.1, 0.15) is 12.5 Å². The van der Waals surface area contributed by atoms with Crippen molar-refractivity contribution in [3.05, 3.63) is 29.8 Å². The number of carbonyl (C=O) groups excluding carboxylic acids is 2. The fourth-order valence-corrected chi connectivity index (χ4v) is 2.27. The molecular weight excluding hydrogens is 300 g/mol. The van der Waals surface area contributed by atoms with Crippen molar-refractivity contribution in [1.82, 2.24) is 10.6 Å². The Labute approximate surface area is 135 Å². The molecular formula is C16H22N2O5. The van der Waals surface area contributed by atoms with E-state index in [9.17, 15) is 9.59 Å². The summed E-state index contributed by atoms with van der Waals surface area (Å²) in [5.41, 5.74) is 0.880. The van der Waals surface area contributed by atoms with E-state index in [-0.39, 0.29) is 24.7 Å². The summed E-state index contributed by atoms with van der Waals surface area (Å²) >= 11 is 0. The molecule has 7 heteroatoms. The molecule has 2 atom stereocenters. The van der Waals surface area contributed by atoms with Crippen LogP contribution in [0.25, 0.3) is 0 Å². The third-order valence-electron chi connectivity index (χ3n) is 3.55. The molecule has 1 amide bonds. The number of hydrogen-bond donors (Lipinski definition) is 2. The minimum absolute atomic E-state index is 0.0990. The first-order valence-electron chi connectivity index (χ1n) is 7.51. The Kier molecular flexibility index (Phi) is 6.37. The van der Waals surface area contributed by atoms with Gasteiger partial charge in [-0.1, -0.05) is 12.1 Å². The summed E-state index contributed by atoms with van der Waals surface area (Å²) in [5.74, 6) is 0.00814. The maximum atomic E-state index is 12.2. The number of methoxy groups -OCH3 is 1. The molecule has 1 aromatic rings. The highest BCUT2D eigenvalue weighted by Crippen LogP contribution is 2.13. The smallest absolute Gasteiger partial charge is 0.343 e. The Morgan fingerprint density at radius 2 is 2.26 bits per heavy atom. The Bertz CT molecular complexity index is 549. The van der Waals surface area contributed by atoms with E-state index in [1.165, 1.54) is 7.11 Å². The molecule has 2 N–H and O–H groups in total. The lowest BCUT2D eigenvalue weighted by atomic mass is 10.1. The van der Waals surface area contributed by atoms with Crippen molar-refractivity contribution in [3.8, 4) is 5.75 Å². The molecule has 1 aliphatic heterocycles. The van der Waals surface area contributed by atoms with Crippen LogP contribution in [0, 0.1) is 0 Å². The predicted octanol–water partition coefficient (Wildman–Crippen LogP) is 0.232. The van der Waals surface area contributed by atoms with Crippen molar-refractivity contribution in [1.29, 1.82) is 0 Å². The molecule has 0 saturated carbocycles. The molecule has 0 spiro atoms. The van der Waals surface area contributed by atoms with Crippen molar-refractivity contribution < 1.29 is 23.8 Å². The zero-order valence-corrected chi connectivity index (χ0v) is 13.3. The van der Waals surface area contributed by atoms with Gasteiger partial charge in [0.2, 0.25) is 5.91 Å². The van der Waals surface area contributed by atoms with Gasteiger partial charge in [0.15, 0.2) is 6.61 Å². The first-order valence-corrected chi connectivity index (χ1v) is 7.51. The summed E-state index contributed by atoms with van der Waals surface area (Å²) in [5, 5.41) is 6.02. The largest absolute Gasteiger partial charge is 0.482 e. The van der Waals surface area contributed by atoms with Crippen LogP contribution in [0.2, 0.25) is 0 Å². The van der Waals surface area contributed by atoms with Gasteiger partial charge >= 0.3 is 5.97 Å². The van der Waals surface area contributed by atoms with Crippen LogP contribution in [0.4, 0.5) is 0 Å². The van der Waals surface area contributed by atoms with E-state index in [4.69, 9.17) is 9.47 Å². The van der Waals surface area contributed by atoms with E-state index in [1.807, 2.05) is 13.0 Å². The van der Waals surface area contributed by atoms with Crippen LogP contribution in [0.5, 0.6) is 5.75 Å². The average molecular weight is 322 g/mol. The third kappa shape index (κ3) is 5.22. The number of benzene rings is 1. The second-order valence-corrected chi connectivity index (χ2v) is 5.24. The van der Waals surface area contributed by atoms with Gasteiger partial charge in [0, 0.05) is 13.1 Å². The molecule has 0 unspecified atom stereocenters. The van der Waals surface area contributed by atoms with Gasteiger partial charge in [0.05, 0.1) is 19.8 Å². The Hall–Kier alpha value is -2.12. The fraction of sp³-hybridized carbons (Fsp3) is 0.500. The summed E-state index contributed by atoms with van der Waals surface area (Å²) in [6.07, 6.45) is -0.154. The molecule has 2 rings (SSSR count). The van der Waals surface area contributed by atoms with Gasteiger partial charge in [-0.15, -0.1) is 0 Å². The Balaban J connectivity index is 1.85. The summed E-state index contributed by atoms with van der Waals surface area (Å²) < 4.78 is 15.3. The normalized spacial score (nSPS) is 20.6. The highest BCUT2D eigenvalue weighted by Gasteiger charge is 2.27. The molecule has 7 nitrogen and oxygen atoms in total. The number of morpholine rings is 1. The first-order chi connectivity index (χ1) is 11.1. The molecule has 0 bridgehead atoms. The van der Waals surface area contributed by atoms with Crippen LogP contribution in [0.15, 0.2) is 24.3 Å². The van der Waals surface area contributed by atoms with Crippen LogP contribution in [-0.4, -0.2) is 50.9 Å². The molecule has 1 aromatic carbocycles. The molecule has 0 radical (unpaired) electrons. The second-order valence-electron chi connectivity index (χ2n) is 5.24. The SMILES string of the molecule is COC(=O)COc1cccc(CNC(=O)[C@H]2NCCO[C@@H]2C)c1. The second kappa shape index (κ2) is 8.50. The summed E-state index contributed by atoms with van der Waals surface area (Å²) in [4.78, 5) is 23.2. The van der Waals surface area contributed by atoms with E-state index in [2.05, 4.69) is 15.4 Å². The monoisotopic (exact) mass is 322 g/mol. The highest BCUT2D eigenvalue weighted by atomic mass is 16.6. The lowest BCUT2D eigenvalue weighted by Crippen LogP contribution is -2.55. The number of esters is 1. The van der Waals surface area contributed by atoms with Gasteiger partial charge in [-0.2, -0.15) is 0 Å². The number of ether oxygens (including phenoxy) is 3. The van der Waals surface area contributed by atoms with Gasteiger partial charge in [-0.05, 0) is 24.6 Å². The van der Waals surface area contributed by atoms with E-state index < -0.39 is 5.97 Å². The van der Waals surface area contributed by atoms with E-state index in [0.29, 0.717) is 25.4 Å². The van der Waals surface area contributed by atoms with Crippen LogP contribution in [-0.2, 0) is 25.6 Å². The summed E-state index contributed by atoms with van der Waals surface area (Å²) in [6.45, 7) is 3.38. The van der Waals surface area contributed by atoms with Crippen molar-refractivity contribution in [2.45, 2.75) is 25.6 Å². The highest BCUT2D eigenvalue weighted by molar-refractivity contribution is 5.82.